The molecular formula is C17H20N4S. The number of amidine groups is 1. The van der Waals surface area contributed by atoms with Crippen molar-refractivity contribution in [2.24, 2.45) is 4.99 Å². The molecule has 0 spiro atoms. The number of hydrogen-bond acceptors (Lipinski definition) is 4. The summed E-state index contributed by atoms with van der Waals surface area (Å²) in [6, 6.07) is 11.3. The molecule has 4 nitrogen and oxygen atoms in total. The molecule has 3 atom stereocenters. The predicted molar refractivity (Wildman–Crippen MR) is 91.1 cm³/mol. The molecule has 0 radical (unpaired) electrons. The second kappa shape index (κ2) is 5.47. The van der Waals surface area contributed by atoms with Gasteiger partial charge in [0.1, 0.15) is 6.04 Å². The highest BCUT2D eigenvalue weighted by molar-refractivity contribution is 8.14. The zero-order chi connectivity index (χ0) is 15.1. The van der Waals surface area contributed by atoms with Gasteiger partial charge < -0.3 is 9.88 Å². The molecule has 2 aliphatic rings. The molecule has 0 amide bonds. The molecule has 1 saturated heterocycles. The van der Waals surface area contributed by atoms with Gasteiger partial charge in [0.15, 0.2) is 5.17 Å². The summed E-state index contributed by atoms with van der Waals surface area (Å²) in [4.78, 5) is 15.6. The summed E-state index contributed by atoms with van der Waals surface area (Å²) >= 11 is 1.88. The van der Waals surface area contributed by atoms with Gasteiger partial charge in [0.25, 0.3) is 0 Å². The molecule has 2 aliphatic heterocycles. The Morgan fingerprint density at radius 2 is 2.23 bits per heavy atom. The van der Waals surface area contributed by atoms with Crippen molar-refractivity contribution < 1.29 is 0 Å². The van der Waals surface area contributed by atoms with Gasteiger partial charge in [-0.15, -0.1) is 0 Å². The first kappa shape index (κ1) is 13.9. The van der Waals surface area contributed by atoms with E-state index >= 15 is 0 Å². The lowest BCUT2D eigenvalue weighted by Gasteiger charge is -2.30. The van der Waals surface area contributed by atoms with Crippen molar-refractivity contribution in [3.05, 3.63) is 53.6 Å². The van der Waals surface area contributed by atoms with Crippen LogP contribution >= 0.6 is 11.8 Å². The van der Waals surface area contributed by atoms with Gasteiger partial charge in [-0.05, 0) is 37.6 Å². The van der Waals surface area contributed by atoms with E-state index in [1.807, 2.05) is 30.1 Å². The minimum atomic E-state index is 0.0797. The average Bonchev–Trinajstić information content (AvgIpc) is 3.22. The molecule has 0 unspecified atom stereocenters. The van der Waals surface area contributed by atoms with Crippen molar-refractivity contribution >= 4 is 16.9 Å². The fourth-order valence-corrected chi connectivity index (χ4v) is 4.72. The van der Waals surface area contributed by atoms with E-state index in [0.29, 0.717) is 6.04 Å². The van der Waals surface area contributed by atoms with E-state index in [2.05, 4.69) is 46.9 Å². The van der Waals surface area contributed by atoms with Gasteiger partial charge in [0.2, 0.25) is 0 Å². The van der Waals surface area contributed by atoms with Crippen LogP contribution in [0.15, 0.2) is 41.5 Å². The Labute approximate surface area is 135 Å². The summed E-state index contributed by atoms with van der Waals surface area (Å²) in [6.45, 7) is 4.37. The van der Waals surface area contributed by atoms with Crippen LogP contribution in [0.2, 0.25) is 0 Å². The van der Waals surface area contributed by atoms with Gasteiger partial charge in [0, 0.05) is 29.4 Å². The third kappa shape index (κ3) is 2.15. The van der Waals surface area contributed by atoms with Gasteiger partial charge in [-0.3, -0.25) is 9.98 Å². The predicted octanol–water partition coefficient (Wildman–Crippen LogP) is 3.70. The first-order valence-corrected chi connectivity index (χ1v) is 8.82. The fraction of sp³-hybridized carbons (Fsp3) is 0.412. The Kier molecular flexibility index (Phi) is 3.45. The number of fused-ring (bicyclic) bond motifs is 1. The van der Waals surface area contributed by atoms with E-state index in [1.165, 1.54) is 16.6 Å². The Morgan fingerprint density at radius 1 is 1.32 bits per heavy atom. The van der Waals surface area contributed by atoms with Gasteiger partial charge in [-0.25, -0.2) is 0 Å². The number of aromatic nitrogens is 2. The number of aromatic amines is 1. The molecule has 4 rings (SSSR count). The van der Waals surface area contributed by atoms with Crippen molar-refractivity contribution in [2.45, 2.75) is 38.4 Å². The summed E-state index contributed by atoms with van der Waals surface area (Å²) in [5.74, 6) is 1.14. The molecule has 2 aromatic heterocycles. The summed E-state index contributed by atoms with van der Waals surface area (Å²) in [7, 11) is 0. The van der Waals surface area contributed by atoms with Crippen LogP contribution in [-0.4, -0.2) is 31.8 Å². The molecule has 0 saturated carbocycles. The van der Waals surface area contributed by atoms with Gasteiger partial charge in [-0.2, -0.15) is 0 Å². The number of H-pyrrole nitrogens is 1. The van der Waals surface area contributed by atoms with Crippen molar-refractivity contribution in [1.29, 1.82) is 0 Å². The second-order valence-electron chi connectivity index (χ2n) is 5.93. The third-order valence-corrected chi connectivity index (χ3v) is 5.63. The van der Waals surface area contributed by atoms with Crippen molar-refractivity contribution in [3.63, 3.8) is 0 Å². The maximum Gasteiger partial charge on any atom is 0.160 e. The Hall–Kier alpha value is -1.75. The normalized spacial score (nSPS) is 27.1. The Bertz CT molecular complexity index is 694. The number of rotatable bonds is 3. The summed E-state index contributed by atoms with van der Waals surface area (Å²) in [5, 5.41) is 1.18. The lowest BCUT2D eigenvalue weighted by molar-refractivity contribution is 0.251. The number of aryl methyl sites for hydroxylation is 1. The lowest BCUT2D eigenvalue weighted by Crippen LogP contribution is -2.35. The highest BCUT2D eigenvalue weighted by Crippen LogP contribution is 2.48. The smallest absolute Gasteiger partial charge is 0.160 e. The van der Waals surface area contributed by atoms with E-state index in [1.54, 1.807) is 0 Å². The van der Waals surface area contributed by atoms with Crippen LogP contribution in [-0.2, 0) is 0 Å². The largest absolute Gasteiger partial charge is 0.361 e. The minimum absolute atomic E-state index is 0.0797. The van der Waals surface area contributed by atoms with Crippen LogP contribution in [0.4, 0.5) is 0 Å². The standard InChI is InChI=1S/C17H20N4S/c1-3-12-10-22-17-20-15(13-6-4-5-9-18-13)16(21(12)17)14-8-7-11(2)19-14/h4-9,12,15-16,19H,3,10H2,1-2H3/t12-,15-,16+/m0/s1. The number of hydrogen-bond donors (Lipinski definition) is 1. The van der Waals surface area contributed by atoms with Crippen molar-refractivity contribution in [1.82, 2.24) is 14.9 Å². The molecule has 22 heavy (non-hydrogen) atoms. The van der Waals surface area contributed by atoms with E-state index in [9.17, 15) is 0 Å². The third-order valence-electron chi connectivity index (χ3n) is 4.50. The van der Waals surface area contributed by atoms with Crippen LogP contribution < -0.4 is 0 Å². The number of nitrogens with one attached hydrogen (secondary N) is 1. The van der Waals surface area contributed by atoms with Crippen LogP contribution in [0, 0.1) is 6.92 Å². The molecule has 4 heterocycles. The van der Waals surface area contributed by atoms with Crippen molar-refractivity contribution in [2.75, 3.05) is 5.75 Å². The fourth-order valence-electron chi connectivity index (χ4n) is 3.39. The summed E-state index contributed by atoms with van der Waals surface area (Å²) in [6.07, 6.45) is 3.01. The lowest BCUT2D eigenvalue weighted by atomic mass is 10.00. The number of pyridine rings is 1. The maximum absolute atomic E-state index is 5.01. The molecular weight excluding hydrogens is 292 g/mol. The van der Waals surface area contributed by atoms with Crippen LogP contribution in [0.25, 0.3) is 0 Å². The first-order chi connectivity index (χ1) is 10.8. The summed E-state index contributed by atoms with van der Waals surface area (Å²) < 4.78 is 0. The number of thioether (sulfide) groups is 1. The van der Waals surface area contributed by atoms with E-state index < -0.39 is 0 Å². The highest BCUT2D eigenvalue weighted by atomic mass is 32.2. The van der Waals surface area contributed by atoms with Crippen molar-refractivity contribution in [3.8, 4) is 0 Å². The molecule has 1 N–H and O–H groups in total. The molecule has 114 valence electrons. The quantitative estimate of drug-likeness (QED) is 0.940. The van der Waals surface area contributed by atoms with Gasteiger partial charge in [0.05, 0.1) is 11.7 Å². The Morgan fingerprint density at radius 3 is 2.91 bits per heavy atom. The molecule has 0 aromatic carbocycles. The van der Waals surface area contributed by atoms with Crippen LogP contribution in [0.3, 0.4) is 0 Å². The number of aliphatic imine (C=N–C) groups is 1. The van der Waals surface area contributed by atoms with Gasteiger partial charge >= 0.3 is 0 Å². The van der Waals surface area contributed by atoms with Crippen LogP contribution in [0.1, 0.15) is 42.5 Å². The zero-order valence-electron chi connectivity index (χ0n) is 12.9. The van der Waals surface area contributed by atoms with E-state index in [-0.39, 0.29) is 12.1 Å². The average molecular weight is 312 g/mol. The first-order valence-electron chi connectivity index (χ1n) is 7.83. The number of nitrogens with zero attached hydrogens (tertiary/aromatic N) is 3. The molecule has 0 aliphatic carbocycles. The second-order valence-corrected chi connectivity index (χ2v) is 6.92. The topological polar surface area (TPSA) is 44.3 Å². The van der Waals surface area contributed by atoms with E-state index in [4.69, 9.17) is 4.99 Å². The molecule has 2 aromatic rings. The van der Waals surface area contributed by atoms with Crippen LogP contribution in [0.5, 0.6) is 0 Å². The van der Waals surface area contributed by atoms with E-state index in [0.717, 1.165) is 17.9 Å². The monoisotopic (exact) mass is 312 g/mol. The zero-order valence-corrected chi connectivity index (χ0v) is 13.7. The minimum Gasteiger partial charge on any atom is -0.361 e. The van der Waals surface area contributed by atoms with Gasteiger partial charge in [-0.1, -0.05) is 24.8 Å². The maximum atomic E-state index is 5.01. The molecule has 5 heteroatoms. The summed E-state index contributed by atoms with van der Waals surface area (Å²) in [5.41, 5.74) is 3.49. The molecule has 0 bridgehead atoms. The highest BCUT2D eigenvalue weighted by Gasteiger charge is 2.45. The SMILES string of the molecule is CC[C@H]1CSC2=N[C@@H](c3ccccn3)[C@@H](c3ccc(C)[nH]3)N21. The Balaban J connectivity index is 1.78. The molecule has 1 fully saturated rings.